The van der Waals surface area contributed by atoms with Gasteiger partial charge in [-0.3, -0.25) is 14.9 Å². The summed E-state index contributed by atoms with van der Waals surface area (Å²) in [4.78, 5) is 21.5. The van der Waals surface area contributed by atoms with Gasteiger partial charge in [-0.15, -0.1) is 0 Å². The normalized spacial score (nSPS) is 10.1. The van der Waals surface area contributed by atoms with Crippen molar-refractivity contribution in [1.82, 2.24) is 0 Å². The molecule has 0 aliphatic rings. The standard InChI is InChI=1S/C11H14N2O5/c1-2-5-18-7-11(15)12-9-4-3-8(14)6-10(9)13(16)17/h3-4,6,14H,2,5,7H2,1H3,(H,12,15). The van der Waals surface area contributed by atoms with Gasteiger partial charge in [-0.2, -0.15) is 0 Å². The molecule has 0 saturated heterocycles. The molecule has 7 heteroatoms. The van der Waals surface area contributed by atoms with Gasteiger partial charge in [0.15, 0.2) is 0 Å². The summed E-state index contributed by atoms with van der Waals surface area (Å²) in [7, 11) is 0. The number of phenols is 1. The zero-order chi connectivity index (χ0) is 13.5. The van der Waals surface area contributed by atoms with Crippen LogP contribution in [0, 0.1) is 10.1 Å². The molecule has 0 aliphatic carbocycles. The first-order chi connectivity index (χ1) is 8.54. The second-order valence-corrected chi connectivity index (χ2v) is 3.56. The summed E-state index contributed by atoms with van der Waals surface area (Å²) in [6.07, 6.45) is 0.784. The van der Waals surface area contributed by atoms with E-state index in [0.29, 0.717) is 6.61 Å². The lowest BCUT2D eigenvalue weighted by Crippen LogP contribution is -2.19. The Labute approximate surface area is 104 Å². The Morgan fingerprint density at radius 3 is 2.89 bits per heavy atom. The molecular weight excluding hydrogens is 240 g/mol. The predicted octanol–water partition coefficient (Wildman–Crippen LogP) is 1.67. The highest BCUT2D eigenvalue weighted by atomic mass is 16.6. The molecule has 0 unspecified atom stereocenters. The van der Waals surface area contributed by atoms with Crippen LogP contribution in [0.4, 0.5) is 11.4 Å². The van der Waals surface area contributed by atoms with Gasteiger partial charge in [-0.25, -0.2) is 0 Å². The number of nitrogens with zero attached hydrogens (tertiary/aromatic N) is 1. The van der Waals surface area contributed by atoms with E-state index in [1.54, 1.807) is 0 Å². The molecule has 0 aliphatic heterocycles. The van der Waals surface area contributed by atoms with Crippen LogP contribution in [0.2, 0.25) is 0 Å². The van der Waals surface area contributed by atoms with Crippen molar-refractivity contribution >= 4 is 17.3 Å². The maximum Gasteiger partial charge on any atom is 0.296 e. The van der Waals surface area contributed by atoms with Crippen molar-refractivity contribution in [2.75, 3.05) is 18.5 Å². The molecule has 0 saturated carbocycles. The van der Waals surface area contributed by atoms with E-state index in [1.165, 1.54) is 12.1 Å². The van der Waals surface area contributed by atoms with Crippen LogP contribution >= 0.6 is 0 Å². The summed E-state index contributed by atoms with van der Waals surface area (Å²) in [5, 5.41) is 22.2. The van der Waals surface area contributed by atoms with E-state index in [9.17, 15) is 14.9 Å². The Morgan fingerprint density at radius 1 is 1.56 bits per heavy atom. The number of hydrogen-bond donors (Lipinski definition) is 2. The average Bonchev–Trinajstić information content (AvgIpc) is 2.31. The van der Waals surface area contributed by atoms with Gasteiger partial charge in [0.2, 0.25) is 0 Å². The molecule has 98 valence electrons. The number of rotatable bonds is 6. The minimum absolute atomic E-state index is 0.0305. The van der Waals surface area contributed by atoms with Crippen molar-refractivity contribution in [1.29, 1.82) is 0 Å². The van der Waals surface area contributed by atoms with Gasteiger partial charge in [0.05, 0.1) is 11.0 Å². The fraction of sp³-hybridized carbons (Fsp3) is 0.364. The zero-order valence-electron chi connectivity index (χ0n) is 9.88. The Bertz CT molecular complexity index is 447. The molecule has 1 aromatic carbocycles. The third kappa shape index (κ3) is 4.02. The highest BCUT2D eigenvalue weighted by molar-refractivity contribution is 5.94. The van der Waals surface area contributed by atoms with Gasteiger partial charge < -0.3 is 15.2 Å². The first-order valence-corrected chi connectivity index (χ1v) is 5.39. The molecule has 0 aromatic heterocycles. The van der Waals surface area contributed by atoms with E-state index in [4.69, 9.17) is 9.84 Å². The number of hydrogen-bond acceptors (Lipinski definition) is 5. The van der Waals surface area contributed by atoms with Gasteiger partial charge in [0, 0.05) is 6.61 Å². The molecular formula is C11H14N2O5. The molecule has 1 aromatic rings. The predicted molar refractivity (Wildman–Crippen MR) is 64.5 cm³/mol. The quantitative estimate of drug-likeness (QED) is 0.348. The van der Waals surface area contributed by atoms with Gasteiger partial charge >= 0.3 is 0 Å². The van der Waals surface area contributed by atoms with Crippen LogP contribution in [0.5, 0.6) is 5.75 Å². The molecule has 0 bridgehead atoms. The Hall–Kier alpha value is -2.15. The van der Waals surface area contributed by atoms with Crippen LogP contribution in [-0.2, 0) is 9.53 Å². The molecule has 0 atom stereocenters. The fourth-order valence-corrected chi connectivity index (χ4v) is 1.27. The minimum atomic E-state index is -0.678. The molecule has 2 N–H and O–H groups in total. The molecule has 0 spiro atoms. The molecule has 0 fully saturated rings. The lowest BCUT2D eigenvalue weighted by atomic mass is 10.2. The largest absolute Gasteiger partial charge is 0.508 e. The van der Waals surface area contributed by atoms with E-state index in [2.05, 4.69) is 5.32 Å². The number of nitro benzene ring substituents is 1. The topological polar surface area (TPSA) is 102 Å². The number of phenolic OH excluding ortho intramolecular Hbond substituents is 1. The lowest BCUT2D eigenvalue weighted by Gasteiger charge is -2.06. The Balaban J connectivity index is 2.72. The van der Waals surface area contributed by atoms with Crippen LogP contribution in [0.1, 0.15) is 13.3 Å². The van der Waals surface area contributed by atoms with Crippen LogP contribution in [0.3, 0.4) is 0 Å². The van der Waals surface area contributed by atoms with Crippen molar-refractivity contribution in [3.63, 3.8) is 0 Å². The highest BCUT2D eigenvalue weighted by Gasteiger charge is 2.16. The summed E-state index contributed by atoms with van der Waals surface area (Å²) >= 11 is 0. The minimum Gasteiger partial charge on any atom is -0.508 e. The number of benzene rings is 1. The van der Waals surface area contributed by atoms with E-state index >= 15 is 0 Å². The number of anilines is 1. The van der Waals surface area contributed by atoms with Crippen LogP contribution in [0.25, 0.3) is 0 Å². The SMILES string of the molecule is CCCOCC(=O)Nc1ccc(O)cc1[N+](=O)[O-]. The molecule has 0 radical (unpaired) electrons. The molecule has 1 amide bonds. The third-order valence-corrected chi connectivity index (χ3v) is 2.03. The van der Waals surface area contributed by atoms with Crippen LogP contribution < -0.4 is 5.32 Å². The molecule has 7 nitrogen and oxygen atoms in total. The number of aromatic hydroxyl groups is 1. The van der Waals surface area contributed by atoms with Crippen molar-refractivity contribution in [2.45, 2.75) is 13.3 Å². The Kier molecular flexibility index (Phi) is 5.06. The number of carbonyl (C=O) groups is 1. The van der Waals surface area contributed by atoms with Crippen LogP contribution in [-0.4, -0.2) is 29.2 Å². The van der Waals surface area contributed by atoms with Crippen molar-refractivity contribution in [3.05, 3.63) is 28.3 Å². The second kappa shape index (κ2) is 6.55. The number of ether oxygens (including phenoxy) is 1. The van der Waals surface area contributed by atoms with E-state index in [1.807, 2.05) is 6.92 Å². The molecule has 18 heavy (non-hydrogen) atoms. The summed E-state index contributed by atoms with van der Waals surface area (Å²) in [5.74, 6) is -0.709. The highest BCUT2D eigenvalue weighted by Crippen LogP contribution is 2.28. The smallest absolute Gasteiger partial charge is 0.296 e. The van der Waals surface area contributed by atoms with Gasteiger partial charge in [-0.1, -0.05) is 6.92 Å². The van der Waals surface area contributed by atoms with E-state index in [0.717, 1.165) is 12.5 Å². The first kappa shape index (κ1) is 13.9. The number of nitro groups is 1. The Morgan fingerprint density at radius 2 is 2.28 bits per heavy atom. The average molecular weight is 254 g/mol. The summed E-state index contributed by atoms with van der Waals surface area (Å²) in [6, 6.07) is 3.50. The van der Waals surface area contributed by atoms with Crippen LogP contribution in [0.15, 0.2) is 18.2 Å². The number of amides is 1. The maximum atomic E-state index is 11.4. The molecule has 1 rings (SSSR count). The summed E-state index contributed by atoms with van der Waals surface area (Å²) < 4.78 is 5.01. The summed E-state index contributed by atoms with van der Waals surface area (Å²) in [5.41, 5.74) is -0.332. The van der Waals surface area contributed by atoms with E-state index < -0.39 is 10.8 Å². The monoisotopic (exact) mass is 254 g/mol. The third-order valence-electron chi connectivity index (χ3n) is 2.03. The second-order valence-electron chi connectivity index (χ2n) is 3.56. The number of carbonyl (C=O) groups excluding carboxylic acids is 1. The fourth-order valence-electron chi connectivity index (χ4n) is 1.27. The molecule has 0 heterocycles. The van der Waals surface area contributed by atoms with E-state index in [-0.39, 0.29) is 23.7 Å². The van der Waals surface area contributed by atoms with Gasteiger partial charge in [-0.05, 0) is 18.6 Å². The maximum absolute atomic E-state index is 11.4. The number of nitrogens with one attached hydrogen (secondary N) is 1. The van der Waals surface area contributed by atoms with Crippen molar-refractivity contribution < 1.29 is 19.6 Å². The van der Waals surface area contributed by atoms with Crippen molar-refractivity contribution in [2.24, 2.45) is 0 Å². The van der Waals surface area contributed by atoms with Gasteiger partial charge in [0.1, 0.15) is 18.0 Å². The van der Waals surface area contributed by atoms with Crippen molar-refractivity contribution in [3.8, 4) is 5.75 Å². The lowest BCUT2D eigenvalue weighted by molar-refractivity contribution is -0.384. The first-order valence-electron chi connectivity index (χ1n) is 5.39. The zero-order valence-corrected chi connectivity index (χ0v) is 9.88. The van der Waals surface area contributed by atoms with Gasteiger partial charge in [0.25, 0.3) is 11.6 Å². The summed E-state index contributed by atoms with van der Waals surface area (Å²) in [6.45, 7) is 2.19.